The summed E-state index contributed by atoms with van der Waals surface area (Å²) in [5.74, 6) is 0. The summed E-state index contributed by atoms with van der Waals surface area (Å²) < 4.78 is 5.50. The molecule has 1 amide bonds. The molecule has 0 spiro atoms. The van der Waals surface area contributed by atoms with Crippen molar-refractivity contribution in [3.8, 4) is 0 Å². The molecule has 4 nitrogen and oxygen atoms in total. The molecule has 0 aliphatic carbocycles. The highest BCUT2D eigenvalue weighted by atomic mass is 16.6. The number of ether oxygens (including phenoxy) is 1. The van der Waals surface area contributed by atoms with Gasteiger partial charge in [0.15, 0.2) is 0 Å². The Labute approximate surface area is 101 Å². The van der Waals surface area contributed by atoms with Crippen LogP contribution in [-0.4, -0.2) is 24.4 Å². The predicted octanol–water partition coefficient (Wildman–Crippen LogP) is 1.78. The van der Waals surface area contributed by atoms with Crippen molar-refractivity contribution in [1.82, 2.24) is 5.32 Å². The summed E-state index contributed by atoms with van der Waals surface area (Å²) >= 11 is 0. The van der Waals surface area contributed by atoms with Crippen LogP contribution in [0.4, 0.5) is 4.79 Å². The Morgan fingerprint density at radius 1 is 1.35 bits per heavy atom. The molecule has 1 aromatic carbocycles. The average Bonchev–Trinajstić information content (AvgIpc) is 2.37. The SMILES string of the molecule is O=C1NCCC(CCCO)(c2ccccc2)O1. The maximum atomic E-state index is 11.4. The highest BCUT2D eigenvalue weighted by Crippen LogP contribution is 2.36. The Morgan fingerprint density at radius 2 is 2.12 bits per heavy atom. The van der Waals surface area contributed by atoms with Gasteiger partial charge >= 0.3 is 6.09 Å². The molecule has 1 unspecified atom stereocenters. The van der Waals surface area contributed by atoms with Gasteiger partial charge in [-0.1, -0.05) is 30.3 Å². The van der Waals surface area contributed by atoms with E-state index in [0.717, 1.165) is 12.0 Å². The molecule has 0 saturated carbocycles. The van der Waals surface area contributed by atoms with E-state index in [1.165, 1.54) is 0 Å². The highest BCUT2D eigenvalue weighted by Gasteiger charge is 2.38. The second-order valence-corrected chi connectivity index (χ2v) is 4.25. The first-order chi connectivity index (χ1) is 8.27. The largest absolute Gasteiger partial charge is 0.438 e. The van der Waals surface area contributed by atoms with Crippen molar-refractivity contribution >= 4 is 6.09 Å². The normalized spacial score (nSPS) is 23.9. The van der Waals surface area contributed by atoms with E-state index in [-0.39, 0.29) is 12.7 Å². The van der Waals surface area contributed by atoms with Crippen molar-refractivity contribution in [2.45, 2.75) is 24.9 Å². The van der Waals surface area contributed by atoms with E-state index in [2.05, 4.69) is 5.32 Å². The number of rotatable bonds is 4. The molecule has 2 rings (SSSR count). The summed E-state index contributed by atoms with van der Waals surface area (Å²) in [4.78, 5) is 11.4. The van der Waals surface area contributed by atoms with Crippen LogP contribution in [0.3, 0.4) is 0 Å². The number of aliphatic hydroxyl groups excluding tert-OH is 1. The molecule has 0 aromatic heterocycles. The molecular formula is C13H17NO3. The Bertz CT molecular complexity index is 380. The first-order valence-corrected chi connectivity index (χ1v) is 5.90. The number of carbonyl (C=O) groups is 1. The van der Waals surface area contributed by atoms with Gasteiger partial charge in [0.25, 0.3) is 0 Å². The summed E-state index contributed by atoms with van der Waals surface area (Å²) in [6.45, 7) is 0.721. The van der Waals surface area contributed by atoms with Gasteiger partial charge in [-0.3, -0.25) is 0 Å². The van der Waals surface area contributed by atoms with Crippen LogP contribution >= 0.6 is 0 Å². The van der Waals surface area contributed by atoms with Gasteiger partial charge in [-0.15, -0.1) is 0 Å². The Morgan fingerprint density at radius 3 is 2.76 bits per heavy atom. The molecule has 1 heterocycles. The van der Waals surface area contributed by atoms with Crippen molar-refractivity contribution in [3.05, 3.63) is 35.9 Å². The van der Waals surface area contributed by atoms with Crippen LogP contribution in [-0.2, 0) is 10.3 Å². The van der Waals surface area contributed by atoms with Crippen LogP contribution < -0.4 is 5.32 Å². The molecule has 1 aliphatic heterocycles. The summed E-state index contributed by atoms with van der Waals surface area (Å²) in [7, 11) is 0. The smallest absolute Gasteiger partial charge is 0.408 e. The third kappa shape index (κ3) is 2.58. The van der Waals surface area contributed by atoms with E-state index in [1.807, 2.05) is 30.3 Å². The standard InChI is InChI=1S/C13H17NO3/c15-10-4-7-13(8-9-14-12(16)17-13)11-5-2-1-3-6-11/h1-3,5-6,15H,4,7-10H2,(H,14,16). The second kappa shape index (κ2) is 5.19. The maximum Gasteiger partial charge on any atom is 0.408 e. The fraction of sp³-hybridized carbons (Fsp3) is 0.462. The topological polar surface area (TPSA) is 58.6 Å². The van der Waals surface area contributed by atoms with E-state index in [1.54, 1.807) is 0 Å². The van der Waals surface area contributed by atoms with E-state index < -0.39 is 5.60 Å². The molecule has 1 fully saturated rings. The number of alkyl carbamates (subject to hydrolysis) is 1. The Hall–Kier alpha value is -1.55. The molecular weight excluding hydrogens is 218 g/mol. The van der Waals surface area contributed by atoms with Gasteiger partial charge in [-0.2, -0.15) is 0 Å². The average molecular weight is 235 g/mol. The Kier molecular flexibility index (Phi) is 3.64. The van der Waals surface area contributed by atoms with Crippen LogP contribution in [0, 0.1) is 0 Å². The van der Waals surface area contributed by atoms with Gasteiger partial charge in [-0.25, -0.2) is 4.79 Å². The first kappa shape index (κ1) is 11.9. The van der Waals surface area contributed by atoms with Gasteiger partial charge in [-0.05, 0) is 18.4 Å². The Balaban J connectivity index is 2.26. The summed E-state index contributed by atoms with van der Waals surface area (Å²) in [5.41, 5.74) is 0.426. The third-order valence-electron chi connectivity index (χ3n) is 3.12. The molecule has 1 aliphatic rings. The van der Waals surface area contributed by atoms with Crippen LogP contribution in [0.15, 0.2) is 30.3 Å². The van der Waals surface area contributed by atoms with E-state index in [4.69, 9.17) is 9.84 Å². The summed E-state index contributed by atoms with van der Waals surface area (Å²) in [6, 6.07) is 9.75. The van der Waals surface area contributed by atoms with Crippen molar-refractivity contribution in [1.29, 1.82) is 0 Å². The van der Waals surface area contributed by atoms with Gasteiger partial charge in [0.1, 0.15) is 5.60 Å². The molecule has 4 heteroatoms. The number of nitrogens with one attached hydrogen (secondary N) is 1. The van der Waals surface area contributed by atoms with Crippen LogP contribution in [0.5, 0.6) is 0 Å². The van der Waals surface area contributed by atoms with E-state index in [0.29, 0.717) is 19.4 Å². The number of amides is 1. The van der Waals surface area contributed by atoms with Crippen molar-refractivity contribution in [2.75, 3.05) is 13.2 Å². The van der Waals surface area contributed by atoms with Crippen LogP contribution in [0.1, 0.15) is 24.8 Å². The quantitative estimate of drug-likeness (QED) is 0.836. The molecule has 2 N–H and O–H groups in total. The lowest BCUT2D eigenvalue weighted by molar-refractivity contribution is -0.0273. The van der Waals surface area contributed by atoms with Crippen LogP contribution in [0.25, 0.3) is 0 Å². The van der Waals surface area contributed by atoms with Crippen LogP contribution in [0.2, 0.25) is 0 Å². The van der Waals surface area contributed by atoms with Gasteiger partial charge in [0.2, 0.25) is 0 Å². The molecule has 92 valence electrons. The number of hydrogen-bond donors (Lipinski definition) is 2. The van der Waals surface area contributed by atoms with Gasteiger partial charge in [0, 0.05) is 19.6 Å². The fourth-order valence-corrected chi connectivity index (χ4v) is 2.26. The third-order valence-corrected chi connectivity index (χ3v) is 3.12. The first-order valence-electron chi connectivity index (χ1n) is 5.90. The van der Waals surface area contributed by atoms with E-state index in [9.17, 15) is 4.79 Å². The lowest BCUT2D eigenvalue weighted by Gasteiger charge is -2.37. The number of benzene rings is 1. The van der Waals surface area contributed by atoms with E-state index >= 15 is 0 Å². The monoisotopic (exact) mass is 235 g/mol. The molecule has 0 bridgehead atoms. The molecule has 1 atom stereocenters. The zero-order valence-electron chi connectivity index (χ0n) is 9.69. The number of hydrogen-bond acceptors (Lipinski definition) is 3. The molecule has 17 heavy (non-hydrogen) atoms. The van der Waals surface area contributed by atoms with Crippen molar-refractivity contribution < 1.29 is 14.6 Å². The minimum absolute atomic E-state index is 0.111. The zero-order chi connectivity index (χ0) is 12.1. The fourth-order valence-electron chi connectivity index (χ4n) is 2.26. The van der Waals surface area contributed by atoms with Crippen molar-refractivity contribution in [3.63, 3.8) is 0 Å². The number of carbonyl (C=O) groups excluding carboxylic acids is 1. The zero-order valence-corrected chi connectivity index (χ0v) is 9.69. The summed E-state index contributed by atoms with van der Waals surface area (Å²) in [5, 5.41) is 11.6. The number of aliphatic hydroxyl groups is 1. The van der Waals surface area contributed by atoms with Crippen molar-refractivity contribution in [2.24, 2.45) is 0 Å². The minimum Gasteiger partial charge on any atom is -0.438 e. The van der Waals surface area contributed by atoms with Gasteiger partial charge in [0.05, 0.1) is 0 Å². The highest BCUT2D eigenvalue weighted by molar-refractivity contribution is 5.68. The second-order valence-electron chi connectivity index (χ2n) is 4.25. The minimum atomic E-state index is -0.577. The summed E-state index contributed by atoms with van der Waals surface area (Å²) in [6.07, 6.45) is 1.64. The number of cyclic esters (lactones) is 1. The predicted molar refractivity (Wildman–Crippen MR) is 63.5 cm³/mol. The maximum absolute atomic E-state index is 11.4. The molecule has 1 aromatic rings. The lowest BCUT2D eigenvalue weighted by atomic mass is 9.85. The molecule has 1 saturated heterocycles. The van der Waals surface area contributed by atoms with Gasteiger partial charge < -0.3 is 15.2 Å². The lowest BCUT2D eigenvalue weighted by Crippen LogP contribution is -2.45. The molecule has 0 radical (unpaired) electrons.